The van der Waals surface area contributed by atoms with E-state index < -0.39 is 0 Å². The highest BCUT2D eigenvalue weighted by Crippen LogP contribution is 2.31. The van der Waals surface area contributed by atoms with Crippen LogP contribution in [-0.2, 0) is 17.6 Å². The molecule has 1 aliphatic heterocycles. The van der Waals surface area contributed by atoms with Gasteiger partial charge in [-0.2, -0.15) is 0 Å². The molecule has 0 spiro atoms. The molecule has 1 saturated heterocycles. The van der Waals surface area contributed by atoms with Crippen LogP contribution in [0.15, 0.2) is 55.1 Å². The van der Waals surface area contributed by atoms with Crippen LogP contribution in [0.1, 0.15) is 42.9 Å². The van der Waals surface area contributed by atoms with E-state index in [0.717, 1.165) is 48.7 Å². The van der Waals surface area contributed by atoms with Crippen molar-refractivity contribution in [1.82, 2.24) is 24.4 Å². The summed E-state index contributed by atoms with van der Waals surface area (Å²) in [5.74, 6) is 1.85. The van der Waals surface area contributed by atoms with Crippen LogP contribution in [0.25, 0.3) is 5.82 Å². The molecular formula is C21H23N5O. The van der Waals surface area contributed by atoms with Crippen LogP contribution in [0.4, 0.5) is 0 Å². The normalized spacial score (nSPS) is 16.6. The third kappa shape index (κ3) is 3.60. The van der Waals surface area contributed by atoms with Gasteiger partial charge >= 0.3 is 0 Å². The Morgan fingerprint density at radius 1 is 1.22 bits per heavy atom. The number of benzene rings is 1. The summed E-state index contributed by atoms with van der Waals surface area (Å²) >= 11 is 0. The lowest BCUT2D eigenvalue weighted by molar-refractivity contribution is -0.131. The maximum atomic E-state index is 12.9. The maximum Gasteiger partial charge on any atom is 0.227 e. The van der Waals surface area contributed by atoms with Crippen LogP contribution in [-0.4, -0.2) is 36.9 Å². The minimum atomic E-state index is -0.0118. The van der Waals surface area contributed by atoms with Gasteiger partial charge in [-0.25, -0.2) is 9.97 Å². The number of likely N-dealkylation sites (tertiary alicyclic amines) is 1. The summed E-state index contributed by atoms with van der Waals surface area (Å²) in [6.07, 6.45) is 10.4. The Labute approximate surface area is 158 Å². The van der Waals surface area contributed by atoms with Gasteiger partial charge in [0, 0.05) is 25.4 Å². The summed E-state index contributed by atoms with van der Waals surface area (Å²) in [6.45, 7) is 2.84. The number of rotatable bonds is 5. The number of carbonyl (C=O) groups is 1. The molecule has 6 heteroatoms. The monoisotopic (exact) mass is 361 g/mol. The van der Waals surface area contributed by atoms with Gasteiger partial charge in [-0.05, 0) is 18.4 Å². The van der Waals surface area contributed by atoms with E-state index in [2.05, 4.69) is 16.9 Å². The second-order valence-corrected chi connectivity index (χ2v) is 6.78. The van der Waals surface area contributed by atoms with Gasteiger partial charge in [0.05, 0.1) is 30.6 Å². The van der Waals surface area contributed by atoms with Crippen molar-refractivity contribution in [2.75, 3.05) is 6.54 Å². The quantitative estimate of drug-likeness (QED) is 0.700. The van der Waals surface area contributed by atoms with Crippen molar-refractivity contribution in [3.05, 3.63) is 72.2 Å². The van der Waals surface area contributed by atoms with Crippen LogP contribution in [0.2, 0.25) is 0 Å². The van der Waals surface area contributed by atoms with E-state index in [-0.39, 0.29) is 11.9 Å². The van der Waals surface area contributed by atoms with E-state index in [9.17, 15) is 4.79 Å². The van der Waals surface area contributed by atoms with Gasteiger partial charge in [-0.3, -0.25) is 14.3 Å². The fourth-order valence-corrected chi connectivity index (χ4v) is 3.70. The topological polar surface area (TPSA) is 63.9 Å². The van der Waals surface area contributed by atoms with E-state index in [1.807, 2.05) is 46.0 Å². The average molecular weight is 361 g/mol. The Bertz CT molecular complexity index is 921. The standard InChI is InChI=1S/C21H23N5O/c1-2-19-23-10-12-26(19)20-15-22-14-17(24-20)18-9-6-11-25(18)21(27)13-16-7-4-3-5-8-16/h3-5,7-8,10,12,14-15,18H,2,6,9,11,13H2,1H3/t18-/m0/s1. The van der Waals surface area contributed by atoms with Gasteiger partial charge in [-0.15, -0.1) is 0 Å². The highest BCUT2D eigenvalue weighted by molar-refractivity contribution is 5.79. The highest BCUT2D eigenvalue weighted by Gasteiger charge is 2.31. The number of amides is 1. The molecular weight excluding hydrogens is 338 g/mol. The Hall–Kier alpha value is -3.02. The lowest BCUT2D eigenvalue weighted by Gasteiger charge is -2.24. The lowest BCUT2D eigenvalue weighted by atomic mass is 10.1. The molecule has 0 unspecified atom stereocenters. The fraction of sp³-hybridized carbons (Fsp3) is 0.333. The zero-order valence-corrected chi connectivity index (χ0v) is 15.5. The molecule has 6 nitrogen and oxygen atoms in total. The van der Waals surface area contributed by atoms with Gasteiger partial charge in [0.1, 0.15) is 5.82 Å². The van der Waals surface area contributed by atoms with E-state index in [1.54, 1.807) is 18.6 Å². The third-order valence-corrected chi connectivity index (χ3v) is 5.03. The minimum absolute atomic E-state index is 0.0118. The fourth-order valence-electron chi connectivity index (χ4n) is 3.70. The number of hydrogen-bond donors (Lipinski definition) is 0. The van der Waals surface area contributed by atoms with E-state index >= 15 is 0 Å². The Balaban J connectivity index is 1.57. The Morgan fingerprint density at radius 3 is 2.89 bits per heavy atom. The summed E-state index contributed by atoms with van der Waals surface area (Å²) in [6, 6.07) is 9.88. The predicted octanol–water partition coefficient (Wildman–Crippen LogP) is 3.13. The van der Waals surface area contributed by atoms with Gasteiger partial charge in [-0.1, -0.05) is 37.3 Å². The summed E-state index contributed by atoms with van der Waals surface area (Å²) in [5.41, 5.74) is 1.89. The predicted molar refractivity (Wildman–Crippen MR) is 102 cm³/mol. The first-order chi connectivity index (χ1) is 13.3. The van der Waals surface area contributed by atoms with Gasteiger partial charge < -0.3 is 4.90 Å². The second-order valence-electron chi connectivity index (χ2n) is 6.78. The van der Waals surface area contributed by atoms with Crippen LogP contribution in [0.5, 0.6) is 0 Å². The Kier molecular flexibility index (Phi) is 4.96. The van der Waals surface area contributed by atoms with Gasteiger partial charge in [0.25, 0.3) is 0 Å². The molecule has 0 bridgehead atoms. The molecule has 2 aromatic heterocycles. The molecule has 3 aromatic rings. The van der Waals surface area contributed by atoms with Crippen molar-refractivity contribution >= 4 is 5.91 Å². The van der Waals surface area contributed by atoms with Crippen molar-refractivity contribution in [3.8, 4) is 5.82 Å². The van der Waals surface area contributed by atoms with Gasteiger partial charge in [0.15, 0.2) is 5.82 Å². The maximum absolute atomic E-state index is 12.9. The molecule has 3 heterocycles. The van der Waals surface area contributed by atoms with Crippen molar-refractivity contribution in [2.45, 2.75) is 38.6 Å². The minimum Gasteiger partial charge on any atom is -0.334 e. The zero-order chi connectivity index (χ0) is 18.6. The molecule has 27 heavy (non-hydrogen) atoms. The Morgan fingerprint density at radius 2 is 2.07 bits per heavy atom. The molecule has 1 amide bonds. The molecule has 4 rings (SSSR count). The van der Waals surface area contributed by atoms with Crippen molar-refractivity contribution < 1.29 is 4.79 Å². The van der Waals surface area contributed by atoms with Crippen LogP contribution < -0.4 is 0 Å². The zero-order valence-electron chi connectivity index (χ0n) is 15.5. The lowest BCUT2D eigenvalue weighted by Crippen LogP contribution is -2.32. The molecule has 0 N–H and O–H groups in total. The molecule has 0 aliphatic carbocycles. The molecule has 1 fully saturated rings. The second kappa shape index (κ2) is 7.70. The molecule has 138 valence electrons. The largest absolute Gasteiger partial charge is 0.334 e. The van der Waals surface area contributed by atoms with Crippen LogP contribution >= 0.6 is 0 Å². The average Bonchev–Trinajstić information content (AvgIpc) is 3.38. The summed E-state index contributed by atoms with van der Waals surface area (Å²) in [4.78, 5) is 28.4. The smallest absolute Gasteiger partial charge is 0.227 e. The van der Waals surface area contributed by atoms with Gasteiger partial charge in [0.2, 0.25) is 5.91 Å². The third-order valence-electron chi connectivity index (χ3n) is 5.03. The van der Waals surface area contributed by atoms with E-state index in [0.29, 0.717) is 6.42 Å². The molecule has 0 saturated carbocycles. The number of aryl methyl sites for hydroxylation is 1. The molecule has 0 radical (unpaired) electrons. The highest BCUT2D eigenvalue weighted by atomic mass is 16.2. The number of imidazole rings is 1. The molecule has 1 aromatic carbocycles. The number of aromatic nitrogens is 4. The number of nitrogens with zero attached hydrogens (tertiary/aromatic N) is 5. The number of carbonyl (C=O) groups excluding carboxylic acids is 1. The SMILES string of the molecule is CCc1nccn1-c1cncc([C@@H]2CCCN2C(=O)Cc2ccccc2)n1. The summed E-state index contributed by atoms with van der Waals surface area (Å²) in [7, 11) is 0. The molecule has 1 atom stereocenters. The summed E-state index contributed by atoms with van der Waals surface area (Å²) < 4.78 is 1.96. The first-order valence-electron chi connectivity index (χ1n) is 9.44. The van der Waals surface area contributed by atoms with Crippen molar-refractivity contribution in [3.63, 3.8) is 0 Å². The van der Waals surface area contributed by atoms with Crippen molar-refractivity contribution in [2.24, 2.45) is 0 Å². The van der Waals surface area contributed by atoms with E-state index in [4.69, 9.17) is 4.98 Å². The van der Waals surface area contributed by atoms with Crippen molar-refractivity contribution in [1.29, 1.82) is 0 Å². The van der Waals surface area contributed by atoms with Crippen LogP contribution in [0.3, 0.4) is 0 Å². The first-order valence-corrected chi connectivity index (χ1v) is 9.44. The summed E-state index contributed by atoms with van der Waals surface area (Å²) in [5, 5.41) is 0. The van der Waals surface area contributed by atoms with E-state index in [1.165, 1.54) is 0 Å². The first kappa shape index (κ1) is 17.4. The van der Waals surface area contributed by atoms with Crippen LogP contribution in [0, 0.1) is 0 Å². The molecule has 1 aliphatic rings. The number of hydrogen-bond acceptors (Lipinski definition) is 4.